The third-order valence-electron chi connectivity index (χ3n) is 2.08. The van der Waals surface area contributed by atoms with Gasteiger partial charge in [-0.05, 0) is 31.8 Å². The van der Waals surface area contributed by atoms with E-state index in [1.165, 1.54) is 13.0 Å². The summed E-state index contributed by atoms with van der Waals surface area (Å²) in [5, 5.41) is 0. The molecule has 1 atom stereocenters. The van der Waals surface area contributed by atoms with Gasteiger partial charge in [0.15, 0.2) is 0 Å². The summed E-state index contributed by atoms with van der Waals surface area (Å²) in [7, 11) is 2.18. The zero-order chi connectivity index (χ0) is 11.0. The minimum absolute atomic E-state index is 0.644. The molecule has 0 aromatic rings. The van der Waals surface area contributed by atoms with E-state index in [0.717, 1.165) is 19.8 Å². The zero-order valence-corrected chi connectivity index (χ0v) is 10.5. The van der Waals surface area contributed by atoms with Crippen LogP contribution in [0, 0.1) is 11.8 Å². The van der Waals surface area contributed by atoms with Gasteiger partial charge in [0, 0.05) is 13.2 Å². The van der Waals surface area contributed by atoms with Crippen molar-refractivity contribution in [3.63, 3.8) is 0 Å². The molecule has 2 heteroatoms. The van der Waals surface area contributed by atoms with E-state index in [-0.39, 0.29) is 0 Å². The van der Waals surface area contributed by atoms with Crippen LogP contribution >= 0.6 is 0 Å². The van der Waals surface area contributed by atoms with E-state index in [1.54, 1.807) is 0 Å². The van der Waals surface area contributed by atoms with Crippen molar-refractivity contribution in [3.05, 3.63) is 0 Å². The van der Waals surface area contributed by atoms with Crippen molar-refractivity contribution in [1.29, 1.82) is 0 Å². The molecule has 0 fully saturated rings. The largest absolute Gasteiger partial charge is 0.381 e. The van der Waals surface area contributed by atoms with Crippen LogP contribution in [0.2, 0.25) is 0 Å². The van der Waals surface area contributed by atoms with Gasteiger partial charge in [-0.3, -0.25) is 0 Å². The van der Waals surface area contributed by atoms with E-state index >= 15 is 0 Å². The predicted molar refractivity (Wildman–Crippen MR) is 62.6 cm³/mol. The van der Waals surface area contributed by atoms with Crippen molar-refractivity contribution in [2.24, 2.45) is 11.8 Å². The summed E-state index contributed by atoms with van der Waals surface area (Å²) < 4.78 is 5.61. The molecule has 0 spiro atoms. The molecule has 0 radical (unpaired) electrons. The second-order valence-electron chi connectivity index (χ2n) is 4.80. The van der Waals surface area contributed by atoms with Crippen molar-refractivity contribution in [1.82, 2.24) is 4.90 Å². The minimum Gasteiger partial charge on any atom is -0.381 e. The molecule has 0 heterocycles. The molecule has 0 aliphatic heterocycles. The average molecular weight is 201 g/mol. The lowest BCUT2D eigenvalue weighted by molar-refractivity contribution is 0.0739. The van der Waals surface area contributed by atoms with Crippen molar-refractivity contribution in [3.8, 4) is 0 Å². The molecule has 0 aromatic heterocycles. The first-order valence-corrected chi connectivity index (χ1v) is 5.82. The Morgan fingerprint density at radius 2 is 1.79 bits per heavy atom. The maximum absolute atomic E-state index is 5.61. The molecule has 2 nitrogen and oxygen atoms in total. The first-order valence-electron chi connectivity index (χ1n) is 5.82. The monoisotopic (exact) mass is 201 g/mol. The molecule has 86 valence electrons. The molecule has 0 amide bonds. The highest BCUT2D eigenvalue weighted by Crippen LogP contribution is 2.01. The molecular formula is C12H27NO. The van der Waals surface area contributed by atoms with Crippen LogP contribution in [-0.4, -0.2) is 38.3 Å². The molecule has 0 aliphatic rings. The van der Waals surface area contributed by atoms with Crippen LogP contribution in [0.4, 0.5) is 0 Å². The number of hydrogen-bond acceptors (Lipinski definition) is 2. The van der Waals surface area contributed by atoms with Gasteiger partial charge in [-0.2, -0.15) is 0 Å². The molecule has 1 unspecified atom stereocenters. The normalized spacial score (nSPS) is 13.9. The Morgan fingerprint density at radius 3 is 2.29 bits per heavy atom. The van der Waals surface area contributed by atoms with Crippen LogP contribution in [0.1, 0.15) is 34.1 Å². The number of ether oxygens (including phenoxy) is 1. The van der Waals surface area contributed by atoms with Crippen molar-refractivity contribution < 1.29 is 4.74 Å². The zero-order valence-electron chi connectivity index (χ0n) is 10.5. The number of hydrogen-bond donors (Lipinski definition) is 0. The Morgan fingerprint density at radius 1 is 1.14 bits per heavy atom. The van der Waals surface area contributed by atoms with Gasteiger partial charge in [-0.25, -0.2) is 0 Å². The average Bonchev–Trinajstić information content (AvgIpc) is 2.03. The van der Waals surface area contributed by atoms with Gasteiger partial charge in [0.2, 0.25) is 0 Å². The summed E-state index contributed by atoms with van der Waals surface area (Å²) in [4.78, 5) is 2.38. The summed E-state index contributed by atoms with van der Waals surface area (Å²) in [6.45, 7) is 13.0. The van der Waals surface area contributed by atoms with Gasteiger partial charge < -0.3 is 9.64 Å². The third kappa shape index (κ3) is 8.52. The fraction of sp³-hybridized carbons (Fsp3) is 1.00. The molecule has 0 aromatic carbocycles. The second kappa shape index (κ2) is 8.25. The standard InChI is InChI=1S/C12H27NO/c1-6-7-13(5)8-12(4)10-14-9-11(2)3/h11-12H,6-10H2,1-5H3. The highest BCUT2D eigenvalue weighted by molar-refractivity contribution is 4.58. The van der Waals surface area contributed by atoms with E-state index in [2.05, 4.69) is 39.6 Å². The van der Waals surface area contributed by atoms with Gasteiger partial charge in [0.25, 0.3) is 0 Å². The summed E-state index contributed by atoms with van der Waals surface area (Å²) in [5.74, 6) is 1.29. The predicted octanol–water partition coefficient (Wildman–Crippen LogP) is 2.64. The Bertz CT molecular complexity index is 125. The highest BCUT2D eigenvalue weighted by Gasteiger charge is 2.06. The summed E-state index contributed by atoms with van der Waals surface area (Å²) in [5.41, 5.74) is 0. The number of nitrogens with zero attached hydrogens (tertiary/aromatic N) is 1. The Labute approximate surface area is 89.6 Å². The quantitative estimate of drug-likeness (QED) is 0.598. The van der Waals surface area contributed by atoms with E-state index in [1.807, 2.05) is 0 Å². The minimum atomic E-state index is 0.644. The molecule has 0 saturated heterocycles. The van der Waals surface area contributed by atoms with Gasteiger partial charge in [0.1, 0.15) is 0 Å². The van der Waals surface area contributed by atoms with Gasteiger partial charge in [0.05, 0.1) is 6.61 Å². The van der Waals surface area contributed by atoms with Crippen molar-refractivity contribution >= 4 is 0 Å². The van der Waals surface area contributed by atoms with Crippen LogP contribution in [-0.2, 0) is 4.74 Å². The SMILES string of the molecule is CCCN(C)CC(C)COCC(C)C. The van der Waals surface area contributed by atoms with E-state index in [4.69, 9.17) is 4.74 Å². The third-order valence-corrected chi connectivity index (χ3v) is 2.08. The highest BCUT2D eigenvalue weighted by atomic mass is 16.5. The van der Waals surface area contributed by atoms with E-state index < -0.39 is 0 Å². The van der Waals surface area contributed by atoms with Crippen LogP contribution in [0.3, 0.4) is 0 Å². The Balaban J connectivity index is 3.39. The maximum atomic E-state index is 5.61. The van der Waals surface area contributed by atoms with Crippen molar-refractivity contribution in [2.45, 2.75) is 34.1 Å². The van der Waals surface area contributed by atoms with Crippen LogP contribution in [0.15, 0.2) is 0 Å². The summed E-state index contributed by atoms with van der Waals surface area (Å²) in [6.07, 6.45) is 1.23. The van der Waals surface area contributed by atoms with Gasteiger partial charge in [-0.1, -0.05) is 27.7 Å². The lowest BCUT2D eigenvalue weighted by atomic mass is 10.2. The molecule has 0 N–H and O–H groups in total. The van der Waals surface area contributed by atoms with Crippen molar-refractivity contribution in [2.75, 3.05) is 33.4 Å². The topological polar surface area (TPSA) is 12.5 Å². The maximum Gasteiger partial charge on any atom is 0.0503 e. The molecule has 0 saturated carbocycles. The fourth-order valence-corrected chi connectivity index (χ4v) is 1.56. The molecule has 0 rings (SSSR count). The van der Waals surface area contributed by atoms with Gasteiger partial charge in [-0.15, -0.1) is 0 Å². The number of rotatable bonds is 8. The fourth-order valence-electron chi connectivity index (χ4n) is 1.56. The smallest absolute Gasteiger partial charge is 0.0503 e. The first-order chi connectivity index (χ1) is 6.56. The Hall–Kier alpha value is -0.0800. The first kappa shape index (κ1) is 13.9. The van der Waals surface area contributed by atoms with Gasteiger partial charge >= 0.3 is 0 Å². The molecule has 0 aliphatic carbocycles. The molecule has 14 heavy (non-hydrogen) atoms. The second-order valence-corrected chi connectivity index (χ2v) is 4.80. The molecular weight excluding hydrogens is 174 g/mol. The van der Waals surface area contributed by atoms with Crippen LogP contribution < -0.4 is 0 Å². The van der Waals surface area contributed by atoms with Crippen LogP contribution in [0.5, 0.6) is 0 Å². The lowest BCUT2D eigenvalue weighted by Crippen LogP contribution is -2.27. The molecule has 0 bridgehead atoms. The summed E-state index contributed by atoms with van der Waals surface area (Å²) in [6, 6.07) is 0. The van der Waals surface area contributed by atoms with E-state index in [9.17, 15) is 0 Å². The lowest BCUT2D eigenvalue weighted by Gasteiger charge is -2.20. The van der Waals surface area contributed by atoms with Crippen LogP contribution in [0.25, 0.3) is 0 Å². The van der Waals surface area contributed by atoms with E-state index in [0.29, 0.717) is 11.8 Å². The summed E-state index contributed by atoms with van der Waals surface area (Å²) >= 11 is 0. The Kier molecular flexibility index (Phi) is 8.20.